The van der Waals surface area contributed by atoms with E-state index in [0.29, 0.717) is 12.5 Å². The van der Waals surface area contributed by atoms with Crippen molar-refractivity contribution in [2.24, 2.45) is 0 Å². The Bertz CT molecular complexity index is 515. The fourth-order valence-electron chi connectivity index (χ4n) is 2.36. The van der Waals surface area contributed by atoms with E-state index in [2.05, 4.69) is 5.32 Å². The summed E-state index contributed by atoms with van der Waals surface area (Å²) in [6.07, 6.45) is 2.16. The summed E-state index contributed by atoms with van der Waals surface area (Å²) in [5, 5.41) is 2.87. The van der Waals surface area contributed by atoms with Gasteiger partial charge in [-0.3, -0.25) is 9.59 Å². The van der Waals surface area contributed by atoms with Crippen LogP contribution in [0.5, 0.6) is 5.75 Å². The van der Waals surface area contributed by atoms with Crippen LogP contribution in [-0.4, -0.2) is 42.5 Å². The number of carbonyl (C=O) groups is 2. The van der Waals surface area contributed by atoms with Gasteiger partial charge in [0.1, 0.15) is 5.75 Å². The minimum absolute atomic E-state index is 0.0888. The van der Waals surface area contributed by atoms with Crippen LogP contribution in [0.4, 0.5) is 0 Å². The van der Waals surface area contributed by atoms with E-state index in [0.717, 1.165) is 24.2 Å². The summed E-state index contributed by atoms with van der Waals surface area (Å²) in [6, 6.07) is 7.96. The number of nitrogens with zero attached hydrogens (tertiary/aromatic N) is 1. The third-order valence-electron chi connectivity index (χ3n) is 3.62. The Morgan fingerprint density at radius 2 is 2.10 bits per heavy atom. The minimum Gasteiger partial charge on any atom is -0.480 e. The molecule has 1 aliphatic heterocycles. The Morgan fingerprint density at radius 3 is 2.80 bits per heavy atom. The maximum absolute atomic E-state index is 12.3. The molecule has 0 spiro atoms. The van der Waals surface area contributed by atoms with E-state index in [1.54, 1.807) is 7.05 Å². The van der Waals surface area contributed by atoms with Gasteiger partial charge >= 0.3 is 0 Å². The molecule has 2 amide bonds. The SMILES string of the molecule is CN(CC(=O)NC1CC1)C(=O)[C@H]1Cc2ccccc2O1. The first-order chi connectivity index (χ1) is 9.63. The molecule has 0 bridgehead atoms. The highest BCUT2D eigenvalue weighted by Gasteiger charge is 2.32. The second-order valence-electron chi connectivity index (χ2n) is 5.45. The lowest BCUT2D eigenvalue weighted by atomic mass is 10.1. The smallest absolute Gasteiger partial charge is 0.264 e. The molecule has 1 aliphatic carbocycles. The number of fused-ring (bicyclic) bond motifs is 1. The second-order valence-corrected chi connectivity index (χ2v) is 5.45. The van der Waals surface area contributed by atoms with Crippen molar-refractivity contribution >= 4 is 11.8 Å². The topological polar surface area (TPSA) is 58.6 Å². The number of ether oxygens (including phenoxy) is 1. The lowest BCUT2D eigenvalue weighted by Crippen LogP contribution is -2.44. The number of hydrogen-bond donors (Lipinski definition) is 1. The standard InChI is InChI=1S/C15H18N2O3/c1-17(9-14(18)16-11-6-7-11)15(19)13-8-10-4-2-3-5-12(10)20-13/h2-5,11,13H,6-9H2,1H3,(H,16,18)/t13-/m1/s1. The number of hydrogen-bond acceptors (Lipinski definition) is 3. The molecule has 1 N–H and O–H groups in total. The molecule has 1 fully saturated rings. The molecule has 0 radical (unpaired) electrons. The Morgan fingerprint density at radius 1 is 1.35 bits per heavy atom. The zero-order valence-electron chi connectivity index (χ0n) is 11.5. The molecule has 106 valence electrons. The van der Waals surface area contributed by atoms with Gasteiger partial charge in [-0.25, -0.2) is 0 Å². The average molecular weight is 274 g/mol. The predicted octanol–water partition coefficient (Wildman–Crippen LogP) is 0.727. The molecule has 5 heteroatoms. The first-order valence-corrected chi connectivity index (χ1v) is 6.92. The molecule has 1 aromatic rings. The number of para-hydroxylation sites is 1. The van der Waals surface area contributed by atoms with Gasteiger partial charge in [0.2, 0.25) is 5.91 Å². The first kappa shape index (κ1) is 13.0. The molecule has 3 rings (SSSR count). The molecular weight excluding hydrogens is 256 g/mol. The molecule has 2 aliphatic rings. The van der Waals surface area contributed by atoms with Crippen LogP contribution in [0.1, 0.15) is 18.4 Å². The van der Waals surface area contributed by atoms with Crippen LogP contribution in [-0.2, 0) is 16.0 Å². The molecule has 1 aromatic carbocycles. The maximum atomic E-state index is 12.3. The molecule has 0 saturated heterocycles. The van der Waals surface area contributed by atoms with Crippen LogP contribution >= 0.6 is 0 Å². The first-order valence-electron chi connectivity index (χ1n) is 6.92. The zero-order valence-corrected chi connectivity index (χ0v) is 11.5. The molecule has 1 atom stereocenters. The Labute approximate surface area is 117 Å². The largest absolute Gasteiger partial charge is 0.480 e. The van der Waals surface area contributed by atoms with Gasteiger partial charge < -0.3 is 15.0 Å². The summed E-state index contributed by atoms with van der Waals surface area (Å²) in [5.41, 5.74) is 1.04. The summed E-state index contributed by atoms with van der Waals surface area (Å²) < 4.78 is 5.64. The zero-order chi connectivity index (χ0) is 14.1. The lowest BCUT2D eigenvalue weighted by Gasteiger charge is -2.20. The number of amides is 2. The van der Waals surface area contributed by atoms with Crippen molar-refractivity contribution in [2.75, 3.05) is 13.6 Å². The third kappa shape index (κ3) is 2.76. The minimum atomic E-state index is -0.508. The average Bonchev–Trinajstić information content (AvgIpc) is 3.12. The normalized spacial score (nSPS) is 19.9. The van der Waals surface area contributed by atoms with Crippen LogP contribution in [0, 0.1) is 0 Å². The fourth-order valence-corrected chi connectivity index (χ4v) is 2.36. The van der Waals surface area contributed by atoms with Gasteiger partial charge in [0.25, 0.3) is 5.91 Å². The Kier molecular flexibility index (Phi) is 3.34. The van der Waals surface area contributed by atoms with Crippen molar-refractivity contribution in [1.82, 2.24) is 10.2 Å². The molecule has 0 aromatic heterocycles. The van der Waals surface area contributed by atoms with Crippen molar-refractivity contribution in [1.29, 1.82) is 0 Å². The van der Waals surface area contributed by atoms with E-state index in [1.807, 2.05) is 24.3 Å². The Balaban J connectivity index is 1.55. The molecule has 5 nitrogen and oxygen atoms in total. The highest BCUT2D eigenvalue weighted by molar-refractivity contribution is 5.87. The van der Waals surface area contributed by atoms with Crippen molar-refractivity contribution in [3.63, 3.8) is 0 Å². The van der Waals surface area contributed by atoms with E-state index in [9.17, 15) is 9.59 Å². The van der Waals surface area contributed by atoms with Crippen LogP contribution < -0.4 is 10.1 Å². The van der Waals surface area contributed by atoms with Crippen LogP contribution in [0.15, 0.2) is 24.3 Å². The van der Waals surface area contributed by atoms with Gasteiger partial charge in [-0.2, -0.15) is 0 Å². The van der Waals surface area contributed by atoms with Gasteiger partial charge in [-0.15, -0.1) is 0 Å². The Hall–Kier alpha value is -2.04. The van der Waals surface area contributed by atoms with Gasteiger partial charge in [-0.1, -0.05) is 18.2 Å². The third-order valence-corrected chi connectivity index (χ3v) is 3.62. The highest BCUT2D eigenvalue weighted by atomic mass is 16.5. The van der Waals surface area contributed by atoms with E-state index in [4.69, 9.17) is 4.74 Å². The van der Waals surface area contributed by atoms with E-state index in [-0.39, 0.29) is 18.4 Å². The maximum Gasteiger partial charge on any atom is 0.264 e. The summed E-state index contributed by atoms with van der Waals surface area (Å²) in [6.45, 7) is 0.0888. The van der Waals surface area contributed by atoms with Gasteiger partial charge in [0, 0.05) is 19.5 Å². The van der Waals surface area contributed by atoms with Gasteiger partial charge in [0.05, 0.1) is 6.54 Å². The van der Waals surface area contributed by atoms with Crippen molar-refractivity contribution in [3.8, 4) is 5.75 Å². The summed E-state index contributed by atoms with van der Waals surface area (Å²) in [5.74, 6) is 0.521. The predicted molar refractivity (Wildman–Crippen MR) is 73.4 cm³/mol. The lowest BCUT2D eigenvalue weighted by molar-refractivity contribution is -0.140. The molecular formula is C15H18N2O3. The van der Waals surface area contributed by atoms with Crippen LogP contribution in [0.25, 0.3) is 0 Å². The van der Waals surface area contributed by atoms with Gasteiger partial charge in [-0.05, 0) is 24.5 Å². The summed E-state index contributed by atoms with van der Waals surface area (Å²) in [7, 11) is 1.64. The molecule has 1 heterocycles. The van der Waals surface area contributed by atoms with Crippen molar-refractivity contribution in [3.05, 3.63) is 29.8 Å². The van der Waals surface area contributed by atoms with Gasteiger partial charge in [0.15, 0.2) is 6.10 Å². The van der Waals surface area contributed by atoms with Crippen LogP contribution in [0.2, 0.25) is 0 Å². The highest BCUT2D eigenvalue weighted by Crippen LogP contribution is 2.28. The van der Waals surface area contributed by atoms with Crippen molar-refractivity contribution in [2.45, 2.75) is 31.4 Å². The summed E-state index contributed by atoms with van der Waals surface area (Å²) in [4.78, 5) is 25.4. The molecule has 1 saturated carbocycles. The number of nitrogens with one attached hydrogen (secondary N) is 1. The molecule has 0 unspecified atom stereocenters. The monoisotopic (exact) mass is 274 g/mol. The van der Waals surface area contributed by atoms with Crippen LogP contribution in [0.3, 0.4) is 0 Å². The number of rotatable bonds is 4. The van der Waals surface area contributed by atoms with E-state index in [1.165, 1.54) is 4.90 Å². The summed E-state index contributed by atoms with van der Waals surface area (Å²) >= 11 is 0. The second kappa shape index (κ2) is 5.15. The fraction of sp³-hybridized carbons (Fsp3) is 0.467. The number of carbonyl (C=O) groups excluding carboxylic acids is 2. The number of likely N-dealkylation sites (N-methyl/N-ethyl adjacent to an activating group) is 1. The van der Waals surface area contributed by atoms with E-state index < -0.39 is 6.10 Å². The molecule has 20 heavy (non-hydrogen) atoms. The number of benzene rings is 1. The van der Waals surface area contributed by atoms with Crippen molar-refractivity contribution < 1.29 is 14.3 Å². The quantitative estimate of drug-likeness (QED) is 0.880. The van der Waals surface area contributed by atoms with E-state index >= 15 is 0 Å².